The third-order valence-electron chi connectivity index (χ3n) is 3.71. The second-order valence-electron chi connectivity index (χ2n) is 6.54. The molecule has 10 heteroatoms. The standard InChI is InChI=1S/C16H14N6O2S2/c1-7-15(3,4)9-18-19-13(25-9)21-11(23)17-12-22(14(21)24)20-10(26-12)16(5,6)8-2/h1-2H,3-6H3. The Kier molecular flexibility index (Phi) is 4.06. The van der Waals surface area contributed by atoms with Gasteiger partial charge in [0, 0.05) is 0 Å². The van der Waals surface area contributed by atoms with Crippen molar-refractivity contribution in [2.75, 3.05) is 0 Å². The van der Waals surface area contributed by atoms with Crippen LogP contribution in [0.15, 0.2) is 9.59 Å². The molecule has 3 aromatic heterocycles. The average molecular weight is 386 g/mol. The minimum Gasteiger partial charge on any atom is -0.245 e. The molecule has 8 nitrogen and oxygen atoms in total. The lowest BCUT2D eigenvalue weighted by molar-refractivity contribution is 0.651. The Hall–Kier alpha value is -2.82. The third kappa shape index (κ3) is 2.73. The van der Waals surface area contributed by atoms with Crippen LogP contribution in [-0.4, -0.2) is 29.4 Å². The van der Waals surface area contributed by atoms with Gasteiger partial charge in [-0.25, -0.2) is 9.59 Å². The molecule has 0 spiro atoms. The Bertz CT molecular complexity index is 1210. The van der Waals surface area contributed by atoms with Crippen LogP contribution in [0, 0.1) is 24.7 Å². The summed E-state index contributed by atoms with van der Waals surface area (Å²) >= 11 is 2.16. The van der Waals surface area contributed by atoms with Gasteiger partial charge in [0.05, 0.1) is 10.8 Å². The molecule has 0 aliphatic heterocycles. The van der Waals surface area contributed by atoms with E-state index in [9.17, 15) is 9.59 Å². The molecule has 0 bridgehead atoms. The molecular formula is C16H14N6O2S2. The van der Waals surface area contributed by atoms with Gasteiger partial charge in [-0.15, -0.1) is 23.0 Å². The van der Waals surface area contributed by atoms with Crippen LogP contribution in [0.1, 0.15) is 37.7 Å². The fraction of sp³-hybridized carbons (Fsp3) is 0.375. The second kappa shape index (κ2) is 5.87. The van der Waals surface area contributed by atoms with E-state index in [2.05, 4.69) is 32.1 Å². The number of rotatable bonds is 3. The fourth-order valence-corrected chi connectivity index (χ4v) is 3.72. The molecule has 0 N–H and O–H groups in total. The van der Waals surface area contributed by atoms with Crippen molar-refractivity contribution in [2.24, 2.45) is 0 Å². The van der Waals surface area contributed by atoms with Crippen LogP contribution in [0.5, 0.6) is 0 Å². The van der Waals surface area contributed by atoms with E-state index < -0.39 is 22.2 Å². The maximum absolute atomic E-state index is 12.8. The van der Waals surface area contributed by atoms with Crippen molar-refractivity contribution in [1.29, 1.82) is 0 Å². The van der Waals surface area contributed by atoms with E-state index in [1.807, 2.05) is 0 Å². The molecule has 0 amide bonds. The number of nitrogens with zero attached hydrogens (tertiary/aromatic N) is 6. The van der Waals surface area contributed by atoms with Gasteiger partial charge in [-0.3, -0.25) is 0 Å². The zero-order valence-corrected chi connectivity index (χ0v) is 16.1. The smallest absolute Gasteiger partial charge is 0.245 e. The van der Waals surface area contributed by atoms with E-state index in [4.69, 9.17) is 12.8 Å². The van der Waals surface area contributed by atoms with Crippen LogP contribution in [0.3, 0.4) is 0 Å². The Morgan fingerprint density at radius 3 is 2.19 bits per heavy atom. The van der Waals surface area contributed by atoms with Crippen LogP contribution < -0.4 is 11.4 Å². The van der Waals surface area contributed by atoms with E-state index in [1.54, 1.807) is 27.7 Å². The quantitative estimate of drug-likeness (QED) is 0.623. The van der Waals surface area contributed by atoms with E-state index >= 15 is 0 Å². The Balaban J connectivity index is 2.23. The predicted molar refractivity (Wildman–Crippen MR) is 99.9 cm³/mol. The summed E-state index contributed by atoms with van der Waals surface area (Å²) in [5.74, 6) is 5.21. The minimum absolute atomic E-state index is 0.0889. The summed E-state index contributed by atoms with van der Waals surface area (Å²) in [5, 5.41) is 13.3. The van der Waals surface area contributed by atoms with Crippen molar-refractivity contribution in [3.63, 3.8) is 0 Å². The number of fused-ring (bicyclic) bond motifs is 1. The van der Waals surface area contributed by atoms with E-state index in [1.165, 1.54) is 0 Å². The van der Waals surface area contributed by atoms with E-state index in [0.717, 1.165) is 31.8 Å². The van der Waals surface area contributed by atoms with Crippen LogP contribution >= 0.6 is 22.7 Å². The van der Waals surface area contributed by atoms with Gasteiger partial charge in [-0.05, 0) is 27.7 Å². The fourth-order valence-electron chi connectivity index (χ4n) is 1.88. The molecule has 0 aliphatic rings. The van der Waals surface area contributed by atoms with Crippen molar-refractivity contribution in [2.45, 2.75) is 38.5 Å². The normalized spacial score (nSPS) is 12.1. The Morgan fingerprint density at radius 2 is 1.58 bits per heavy atom. The monoisotopic (exact) mass is 386 g/mol. The highest BCUT2D eigenvalue weighted by atomic mass is 32.1. The zero-order valence-electron chi connectivity index (χ0n) is 14.5. The molecule has 26 heavy (non-hydrogen) atoms. The van der Waals surface area contributed by atoms with Gasteiger partial charge in [-0.1, -0.05) is 34.5 Å². The lowest BCUT2D eigenvalue weighted by Crippen LogP contribution is -2.38. The summed E-state index contributed by atoms with van der Waals surface area (Å²) in [6.07, 6.45) is 11.0. The van der Waals surface area contributed by atoms with Crippen molar-refractivity contribution in [3.05, 3.63) is 31.0 Å². The summed E-state index contributed by atoms with van der Waals surface area (Å²) in [5.41, 5.74) is -2.80. The zero-order chi connectivity index (χ0) is 19.3. The first-order chi connectivity index (χ1) is 12.1. The van der Waals surface area contributed by atoms with Gasteiger partial charge >= 0.3 is 11.4 Å². The molecule has 0 saturated carbocycles. The molecule has 0 aliphatic carbocycles. The first kappa shape index (κ1) is 18.0. The number of hydrogen-bond acceptors (Lipinski definition) is 8. The summed E-state index contributed by atoms with van der Waals surface area (Å²) in [6, 6.07) is 0. The summed E-state index contributed by atoms with van der Waals surface area (Å²) in [7, 11) is 0. The minimum atomic E-state index is -0.759. The van der Waals surface area contributed by atoms with Crippen molar-refractivity contribution in [3.8, 4) is 29.8 Å². The van der Waals surface area contributed by atoms with Gasteiger partial charge < -0.3 is 0 Å². The molecule has 3 heterocycles. The topological polar surface area (TPSA) is 95.0 Å². The van der Waals surface area contributed by atoms with Gasteiger partial charge in [0.15, 0.2) is 0 Å². The van der Waals surface area contributed by atoms with Crippen LogP contribution in [0.25, 0.3) is 10.1 Å². The first-order valence-electron chi connectivity index (χ1n) is 7.44. The molecule has 3 rings (SSSR count). The lowest BCUT2D eigenvalue weighted by Gasteiger charge is -2.11. The van der Waals surface area contributed by atoms with Crippen molar-refractivity contribution < 1.29 is 0 Å². The molecular weight excluding hydrogens is 372 g/mol. The Morgan fingerprint density at radius 1 is 0.962 bits per heavy atom. The third-order valence-corrected chi connectivity index (χ3v) is 6.18. The van der Waals surface area contributed by atoms with E-state index in [0.29, 0.717) is 10.0 Å². The molecule has 0 aromatic carbocycles. The largest absolute Gasteiger partial charge is 0.362 e. The lowest BCUT2D eigenvalue weighted by atomic mass is 9.96. The van der Waals surface area contributed by atoms with Gasteiger partial charge in [0.1, 0.15) is 10.0 Å². The van der Waals surface area contributed by atoms with Crippen LogP contribution in [0.2, 0.25) is 0 Å². The van der Waals surface area contributed by atoms with Gasteiger partial charge in [0.25, 0.3) is 0 Å². The highest BCUT2D eigenvalue weighted by molar-refractivity contribution is 7.16. The molecule has 132 valence electrons. The van der Waals surface area contributed by atoms with Crippen molar-refractivity contribution >= 4 is 27.6 Å². The van der Waals surface area contributed by atoms with Crippen molar-refractivity contribution in [1.82, 2.24) is 29.4 Å². The van der Waals surface area contributed by atoms with Crippen LogP contribution in [0.4, 0.5) is 0 Å². The maximum atomic E-state index is 12.8. The SMILES string of the molecule is C#CC(C)(C)c1nnc(-n2c(=O)nc3sc(C(C)(C)C#C)nn3c2=O)s1. The summed E-state index contributed by atoms with van der Waals surface area (Å²) in [6.45, 7) is 7.17. The molecule has 0 unspecified atom stereocenters. The Labute approximate surface area is 156 Å². The summed E-state index contributed by atoms with van der Waals surface area (Å²) in [4.78, 5) is 29.3. The molecule has 0 fully saturated rings. The molecule has 0 atom stereocenters. The molecule has 0 saturated heterocycles. The van der Waals surface area contributed by atoms with Gasteiger partial charge in [0.2, 0.25) is 10.1 Å². The number of hydrogen-bond donors (Lipinski definition) is 0. The van der Waals surface area contributed by atoms with Crippen LogP contribution in [-0.2, 0) is 10.8 Å². The highest BCUT2D eigenvalue weighted by Gasteiger charge is 2.27. The number of aromatic nitrogens is 6. The predicted octanol–water partition coefficient (Wildman–Crippen LogP) is 0.975. The highest BCUT2D eigenvalue weighted by Crippen LogP contribution is 2.27. The number of terminal acetylenes is 2. The van der Waals surface area contributed by atoms with Gasteiger partial charge in [-0.2, -0.15) is 19.2 Å². The first-order valence-corrected chi connectivity index (χ1v) is 9.07. The second-order valence-corrected chi connectivity index (χ2v) is 8.45. The average Bonchev–Trinajstić information content (AvgIpc) is 3.22. The molecule has 3 aromatic rings. The molecule has 0 radical (unpaired) electrons. The van der Waals surface area contributed by atoms with E-state index in [-0.39, 0.29) is 10.1 Å². The summed E-state index contributed by atoms with van der Waals surface area (Å²) < 4.78 is 1.88. The maximum Gasteiger partial charge on any atom is 0.362 e.